The number of rotatable bonds is 3. The van der Waals surface area contributed by atoms with Gasteiger partial charge < -0.3 is 10.6 Å². The van der Waals surface area contributed by atoms with Crippen LogP contribution in [0, 0.1) is 17.8 Å². The van der Waals surface area contributed by atoms with Crippen LogP contribution in [0.5, 0.6) is 0 Å². The van der Waals surface area contributed by atoms with Crippen LogP contribution in [-0.2, 0) is 4.79 Å². The van der Waals surface area contributed by atoms with Gasteiger partial charge in [0.25, 0.3) is 0 Å². The van der Waals surface area contributed by atoms with Crippen LogP contribution in [-0.4, -0.2) is 25.0 Å². The van der Waals surface area contributed by atoms with E-state index in [0.29, 0.717) is 0 Å². The first-order valence-electron chi connectivity index (χ1n) is 7.84. The van der Waals surface area contributed by atoms with E-state index in [9.17, 15) is 4.79 Å². The SMILES string of the molecule is O=C(NCC1CC2CCC1C2)C1CCCCCN1. The van der Waals surface area contributed by atoms with E-state index in [2.05, 4.69) is 10.6 Å². The lowest BCUT2D eigenvalue weighted by Crippen LogP contribution is -2.45. The molecule has 2 aliphatic carbocycles. The molecule has 0 spiro atoms. The summed E-state index contributed by atoms with van der Waals surface area (Å²) in [6, 6.07) is 0.0751. The van der Waals surface area contributed by atoms with Gasteiger partial charge in [0, 0.05) is 6.54 Å². The van der Waals surface area contributed by atoms with Crippen molar-refractivity contribution in [3.8, 4) is 0 Å². The third-order valence-electron chi connectivity index (χ3n) is 5.30. The number of hydrogen-bond donors (Lipinski definition) is 2. The van der Waals surface area contributed by atoms with Crippen LogP contribution in [0.3, 0.4) is 0 Å². The molecule has 18 heavy (non-hydrogen) atoms. The zero-order valence-electron chi connectivity index (χ0n) is 11.3. The van der Waals surface area contributed by atoms with Gasteiger partial charge in [0.15, 0.2) is 0 Å². The topological polar surface area (TPSA) is 41.1 Å². The molecule has 3 heteroatoms. The maximum atomic E-state index is 12.1. The summed E-state index contributed by atoms with van der Waals surface area (Å²) in [7, 11) is 0. The molecule has 3 nitrogen and oxygen atoms in total. The van der Waals surface area contributed by atoms with Gasteiger partial charge in [-0.25, -0.2) is 0 Å². The molecule has 2 saturated carbocycles. The first-order chi connectivity index (χ1) is 8.83. The van der Waals surface area contributed by atoms with Gasteiger partial charge in [-0.2, -0.15) is 0 Å². The smallest absolute Gasteiger partial charge is 0.237 e. The highest BCUT2D eigenvalue weighted by Crippen LogP contribution is 2.47. The highest BCUT2D eigenvalue weighted by Gasteiger charge is 2.39. The molecule has 4 unspecified atom stereocenters. The number of amides is 1. The molecule has 2 bridgehead atoms. The second kappa shape index (κ2) is 5.60. The Kier molecular flexibility index (Phi) is 3.88. The summed E-state index contributed by atoms with van der Waals surface area (Å²) < 4.78 is 0. The van der Waals surface area contributed by atoms with Gasteiger partial charge in [-0.15, -0.1) is 0 Å². The van der Waals surface area contributed by atoms with Gasteiger partial charge in [-0.05, 0) is 56.4 Å². The molecule has 0 aromatic carbocycles. The second-order valence-corrected chi connectivity index (χ2v) is 6.54. The average Bonchev–Trinajstić information content (AvgIpc) is 2.89. The van der Waals surface area contributed by atoms with E-state index in [1.165, 1.54) is 44.9 Å². The van der Waals surface area contributed by atoms with E-state index in [0.717, 1.165) is 37.3 Å². The fourth-order valence-corrected chi connectivity index (χ4v) is 4.23. The van der Waals surface area contributed by atoms with Gasteiger partial charge >= 0.3 is 0 Å². The quantitative estimate of drug-likeness (QED) is 0.805. The molecular formula is C15H26N2O. The Morgan fingerprint density at radius 2 is 2.06 bits per heavy atom. The second-order valence-electron chi connectivity index (χ2n) is 6.54. The maximum Gasteiger partial charge on any atom is 0.237 e. The van der Waals surface area contributed by atoms with Gasteiger partial charge in [-0.3, -0.25) is 4.79 Å². The van der Waals surface area contributed by atoms with Crippen molar-refractivity contribution in [3.63, 3.8) is 0 Å². The van der Waals surface area contributed by atoms with Crippen LogP contribution in [0.25, 0.3) is 0 Å². The Hall–Kier alpha value is -0.570. The van der Waals surface area contributed by atoms with Gasteiger partial charge in [0.2, 0.25) is 5.91 Å². The normalized spacial score (nSPS) is 39.6. The van der Waals surface area contributed by atoms with Crippen molar-refractivity contribution >= 4 is 5.91 Å². The molecule has 3 fully saturated rings. The van der Waals surface area contributed by atoms with E-state index in [4.69, 9.17) is 0 Å². The number of fused-ring (bicyclic) bond motifs is 2. The average molecular weight is 250 g/mol. The van der Waals surface area contributed by atoms with Crippen LogP contribution < -0.4 is 10.6 Å². The van der Waals surface area contributed by atoms with Crippen molar-refractivity contribution in [1.29, 1.82) is 0 Å². The molecule has 3 aliphatic rings. The number of hydrogen-bond acceptors (Lipinski definition) is 2. The van der Waals surface area contributed by atoms with Crippen molar-refractivity contribution in [2.45, 2.75) is 57.4 Å². The molecule has 1 saturated heterocycles. The van der Waals surface area contributed by atoms with E-state index >= 15 is 0 Å². The Labute approximate surface area is 110 Å². The summed E-state index contributed by atoms with van der Waals surface area (Å²) in [4.78, 5) is 12.1. The Morgan fingerprint density at radius 1 is 1.11 bits per heavy atom. The molecule has 0 aromatic heterocycles. The van der Waals surface area contributed by atoms with Crippen LogP contribution in [0.15, 0.2) is 0 Å². The van der Waals surface area contributed by atoms with Crippen LogP contribution in [0.1, 0.15) is 51.4 Å². The molecule has 2 N–H and O–H groups in total. The Morgan fingerprint density at radius 3 is 2.83 bits per heavy atom. The molecular weight excluding hydrogens is 224 g/mol. The maximum absolute atomic E-state index is 12.1. The fourth-order valence-electron chi connectivity index (χ4n) is 4.23. The molecule has 1 amide bonds. The lowest BCUT2D eigenvalue weighted by molar-refractivity contribution is -0.123. The predicted molar refractivity (Wildman–Crippen MR) is 72.2 cm³/mol. The van der Waals surface area contributed by atoms with Crippen molar-refractivity contribution in [1.82, 2.24) is 10.6 Å². The third kappa shape index (κ3) is 2.71. The summed E-state index contributed by atoms with van der Waals surface area (Å²) in [5.41, 5.74) is 0. The number of carbonyl (C=O) groups excluding carboxylic acids is 1. The molecule has 102 valence electrons. The van der Waals surface area contributed by atoms with E-state index < -0.39 is 0 Å². The highest BCUT2D eigenvalue weighted by atomic mass is 16.2. The Balaban J connectivity index is 1.43. The lowest BCUT2D eigenvalue weighted by atomic mass is 9.89. The minimum atomic E-state index is 0.0751. The summed E-state index contributed by atoms with van der Waals surface area (Å²) in [5, 5.41) is 6.58. The summed E-state index contributed by atoms with van der Waals surface area (Å²) in [6.45, 7) is 1.93. The minimum Gasteiger partial charge on any atom is -0.354 e. The molecule has 3 rings (SSSR count). The largest absolute Gasteiger partial charge is 0.354 e. The molecule has 0 aromatic rings. The van der Waals surface area contributed by atoms with Crippen molar-refractivity contribution in [3.05, 3.63) is 0 Å². The zero-order valence-corrected chi connectivity index (χ0v) is 11.3. The number of carbonyl (C=O) groups is 1. The predicted octanol–water partition coefficient (Wildman–Crippen LogP) is 2.07. The number of nitrogens with one attached hydrogen (secondary N) is 2. The first-order valence-corrected chi connectivity index (χ1v) is 7.84. The molecule has 1 heterocycles. The summed E-state index contributed by atoms with van der Waals surface area (Å²) >= 11 is 0. The molecule has 1 aliphatic heterocycles. The van der Waals surface area contributed by atoms with E-state index in [-0.39, 0.29) is 11.9 Å². The first kappa shape index (κ1) is 12.5. The van der Waals surface area contributed by atoms with Gasteiger partial charge in [-0.1, -0.05) is 19.3 Å². The molecule has 4 atom stereocenters. The fraction of sp³-hybridized carbons (Fsp3) is 0.933. The standard InChI is InChI=1S/C15H26N2O/c18-15(14-4-2-1-3-7-16-14)17-10-13-9-11-5-6-12(13)8-11/h11-14,16H,1-10H2,(H,17,18). The van der Waals surface area contributed by atoms with Gasteiger partial charge in [0.05, 0.1) is 6.04 Å². The summed E-state index contributed by atoms with van der Waals surface area (Å²) in [5.74, 6) is 2.92. The monoisotopic (exact) mass is 250 g/mol. The molecule has 0 radical (unpaired) electrons. The summed E-state index contributed by atoms with van der Waals surface area (Å²) in [6.07, 6.45) is 10.3. The van der Waals surface area contributed by atoms with E-state index in [1.807, 2.05) is 0 Å². The minimum absolute atomic E-state index is 0.0751. The van der Waals surface area contributed by atoms with Crippen molar-refractivity contribution in [2.24, 2.45) is 17.8 Å². The van der Waals surface area contributed by atoms with Crippen LogP contribution >= 0.6 is 0 Å². The zero-order chi connectivity index (χ0) is 12.4. The Bertz CT molecular complexity index is 297. The van der Waals surface area contributed by atoms with Gasteiger partial charge in [0.1, 0.15) is 0 Å². The third-order valence-corrected chi connectivity index (χ3v) is 5.30. The highest BCUT2D eigenvalue weighted by molar-refractivity contribution is 5.81. The van der Waals surface area contributed by atoms with E-state index in [1.54, 1.807) is 0 Å². The lowest BCUT2D eigenvalue weighted by Gasteiger charge is -2.23. The van der Waals surface area contributed by atoms with Crippen molar-refractivity contribution in [2.75, 3.05) is 13.1 Å². The van der Waals surface area contributed by atoms with Crippen molar-refractivity contribution < 1.29 is 4.79 Å². The van der Waals surface area contributed by atoms with Crippen LogP contribution in [0.4, 0.5) is 0 Å². The van der Waals surface area contributed by atoms with Crippen LogP contribution in [0.2, 0.25) is 0 Å².